The Morgan fingerprint density at radius 1 is 0.833 bits per heavy atom. The smallest absolute Gasteiger partial charge is 0.0575 e. The summed E-state index contributed by atoms with van der Waals surface area (Å²) in [5.74, 6) is 0.706. The van der Waals surface area contributed by atoms with Crippen LogP contribution in [0.15, 0.2) is 0 Å². The van der Waals surface area contributed by atoms with Crippen molar-refractivity contribution in [2.45, 2.75) is 51.0 Å². The highest BCUT2D eigenvalue weighted by Crippen LogP contribution is 2.41. The second kappa shape index (κ2) is 6.88. The first-order chi connectivity index (χ1) is 8.80. The molecule has 0 radical (unpaired) electrons. The number of ether oxygens (including phenoxy) is 3. The van der Waals surface area contributed by atoms with Gasteiger partial charge in [-0.3, -0.25) is 0 Å². The molecular formula is C15H28O3. The number of rotatable bonds is 8. The largest absolute Gasteiger partial charge is 0.384 e. The van der Waals surface area contributed by atoms with Crippen molar-refractivity contribution >= 4 is 0 Å². The molecule has 106 valence electrons. The van der Waals surface area contributed by atoms with Gasteiger partial charge in [-0.25, -0.2) is 0 Å². The molecule has 0 unspecified atom stereocenters. The van der Waals surface area contributed by atoms with Crippen molar-refractivity contribution in [1.82, 2.24) is 0 Å². The molecule has 0 bridgehead atoms. The van der Waals surface area contributed by atoms with Crippen molar-refractivity contribution < 1.29 is 14.2 Å². The average molecular weight is 256 g/mol. The maximum atomic E-state index is 6.10. The first-order valence-corrected chi connectivity index (χ1v) is 7.40. The Labute approximate surface area is 111 Å². The van der Waals surface area contributed by atoms with Crippen LogP contribution in [0.5, 0.6) is 0 Å². The molecule has 0 saturated heterocycles. The lowest BCUT2D eigenvalue weighted by atomic mass is 9.76. The van der Waals surface area contributed by atoms with Gasteiger partial charge in [0.1, 0.15) is 0 Å². The molecule has 0 aromatic heterocycles. The first-order valence-electron chi connectivity index (χ1n) is 7.40. The van der Waals surface area contributed by atoms with E-state index in [4.69, 9.17) is 14.2 Å². The summed E-state index contributed by atoms with van der Waals surface area (Å²) in [4.78, 5) is 0. The fourth-order valence-corrected chi connectivity index (χ4v) is 3.41. The Balaban J connectivity index is 1.96. The van der Waals surface area contributed by atoms with E-state index in [9.17, 15) is 0 Å². The Bertz CT molecular complexity index is 226. The molecule has 0 aromatic rings. The molecule has 2 saturated carbocycles. The summed E-state index contributed by atoms with van der Waals surface area (Å²) < 4.78 is 17.1. The maximum Gasteiger partial charge on any atom is 0.0575 e. The van der Waals surface area contributed by atoms with Crippen LogP contribution >= 0.6 is 0 Å². The fourth-order valence-electron chi connectivity index (χ4n) is 3.41. The number of hydrogen-bond donors (Lipinski definition) is 0. The van der Waals surface area contributed by atoms with Crippen molar-refractivity contribution in [3.05, 3.63) is 0 Å². The third-order valence-electron chi connectivity index (χ3n) is 4.74. The van der Waals surface area contributed by atoms with Crippen LogP contribution in [0.25, 0.3) is 0 Å². The van der Waals surface area contributed by atoms with E-state index in [0.717, 1.165) is 19.8 Å². The van der Waals surface area contributed by atoms with Crippen LogP contribution in [0.1, 0.15) is 44.9 Å². The van der Waals surface area contributed by atoms with Crippen molar-refractivity contribution in [2.24, 2.45) is 11.3 Å². The SMILES string of the molecule is COCC(COC)(COC1CCC1)C1CCCC1. The molecule has 0 heterocycles. The van der Waals surface area contributed by atoms with Crippen LogP contribution in [0, 0.1) is 11.3 Å². The van der Waals surface area contributed by atoms with Gasteiger partial charge in [-0.15, -0.1) is 0 Å². The Morgan fingerprint density at radius 2 is 1.44 bits per heavy atom. The summed E-state index contributed by atoms with van der Waals surface area (Å²) >= 11 is 0. The normalized spacial score (nSPS) is 22.3. The zero-order valence-electron chi connectivity index (χ0n) is 12.0. The molecule has 0 N–H and O–H groups in total. The topological polar surface area (TPSA) is 27.7 Å². The van der Waals surface area contributed by atoms with Gasteiger partial charge < -0.3 is 14.2 Å². The summed E-state index contributed by atoms with van der Waals surface area (Å²) in [5.41, 5.74) is 0.0790. The van der Waals surface area contributed by atoms with Gasteiger partial charge in [-0.1, -0.05) is 12.8 Å². The standard InChI is InChI=1S/C15H28O3/c1-16-10-15(11-17-2,13-6-3-4-7-13)12-18-14-8-5-9-14/h13-14H,3-12H2,1-2H3. The quantitative estimate of drug-likeness (QED) is 0.668. The molecule has 0 aliphatic heterocycles. The predicted molar refractivity (Wildman–Crippen MR) is 71.7 cm³/mol. The van der Waals surface area contributed by atoms with Gasteiger partial charge >= 0.3 is 0 Å². The van der Waals surface area contributed by atoms with Gasteiger partial charge in [0.2, 0.25) is 0 Å². The third-order valence-corrected chi connectivity index (χ3v) is 4.74. The van der Waals surface area contributed by atoms with Crippen molar-refractivity contribution in [1.29, 1.82) is 0 Å². The Kier molecular flexibility index (Phi) is 5.46. The van der Waals surface area contributed by atoms with Crippen molar-refractivity contribution in [3.8, 4) is 0 Å². The first kappa shape index (κ1) is 14.3. The van der Waals surface area contributed by atoms with E-state index >= 15 is 0 Å². The molecule has 0 amide bonds. The van der Waals surface area contributed by atoms with E-state index in [-0.39, 0.29) is 5.41 Å². The van der Waals surface area contributed by atoms with Gasteiger partial charge in [0.15, 0.2) is 0 Å². The van der Waals surface area contributed by atoms with E-state index in [0.29, 0.717) is 12.0 Å². The third kappa shape index (κ3) is 3.25. The highest BCUT2D eigenvalue weighted by molar-refractivity contribution is 4.90. The van der Waals surface area contributed by atoms with Gasteiger partial charge in [-0.2, -0.15) is 0 Å². The molecule has 3 nitrogen and oxygen atoms in total. The highest BCUT2D eigenvalue weighted by Gasteiger charge is 2.41. The second-order valence-electron chi connectivity index (χ2n) is 6.07. The summed E-state index contributed by atoms with van der Waals surface area (Å²) in [7, 11) is 3.59. The van der Waals surface area contributed by atoms with Crippen molar-refractivity contribution in [3.63, 3.8) is 0 Å². The number of hydrogen-bond acceptors (Lipinski definition) is 3. The minimum absolute atomic E-state index is 0.0790. The van der Waals surface area contributed by atoms with E-state index in [2.05, 4.69) is 0 Å². The minimum Gasteiger partial charge on any atom is -0.384 e. The zero-order valence-corrected chi connectivity index (χ0v) is 12.0. The predicted octanol–water partition coefficient (Wildman–Crippen LogP) is 3.02. The van der Waals surface area contributed by atoms with Crippen molar-refractivity contribution in [2.75, 3.05) is 34.0 Å². The minimum atomic E-state index is 0.0790. The molecule has 2 aliphatic carbocycles. The Morgan fingerprint density at radius 3 is 1.89 bits per heavy atom. The van der Waals surface area contributed by atoms with Crippen LogP contribution in [0.3, 0.4) is 0 Å². The summed E-state index contributed by atoms with van der Waals surface area (Å²) in [6, 6.07) is 0. The molecular weight excluding hydrogens is 228 g/mol. The van der Waals surface area contributed by atoms with E-state index in [1.165, 1.54) is 44.9 Å². The molecule has 0 atom stereocenters. The zero-order chi connectivity index (χ0) is 12.8. The molecule has 2 aliphatic rings. The summed E-state index contributed by atoms with van der Waals surface area (Å²) in [5, 5.41) is 0. The molecule has 18 heavy (non-hydrogen) atoms. The van der Waals surface area contributed by atoms with Gasteiger partial charge in [0.05, 0.1) is 25.9 Å². The van der Waals surface area contributed by atoms with Gasteiger partial charge in [0, 0.05) is 19.6 Å². The van der Waals surface area contributed by atoms with Gasteiger partial charge in [0.25, 0.3) is 0 Å². The average Bonchev–Trinajstić information content (AvgIpc) is 2.81. The van der Waals surface area contributed by atoms with E-state index in [1.807, 2.05) is 0 Å². The van der Waals surface area contributed by atoms with Crippen LogP contribution < -0.4 is 0 Å². The van der Waals surface area contributed by atoms with Gasteiger partial charge in [-0.05, 0) is 38.0 Å². The van der Waals surface area contributed by atoms with Crippen LogP contribution in [-0.4, -0.2) is 40.1 Å². The van der Waals surface area contributed by atoms with Crippen LogP contribution in [0.2, 0.25) is 0 Å². The van der Waals surface area contributed by atoms with E-state index < -0.39 is 0 Å². The lowest BCUT2D eigenvalue weighted by Gasteiger charge is -2.40. The molecule has 0 aromatic carbocycles. The number of methoxy groups -OCH3 is 2. The molecule has 0 spiro atoms. The highest BCUT2D eigenvalue weighted by atomic mass is 16.5. The fraction of sp³-hybridized carbons (Fsp3) is 1.00. The monoisotopic (exact) mass is 256 g/mol. The Hall–Kier alpha value is -0.120. The van der Waals surface area contributed by atoms with E-state index in [1.54, 1.807) is 14.2 Å². The lowest BCUT2D eigenvalue weighted by Crippen LogP contribution is -2.44. The second-order valence-corrected chi connectivity index (χ2v) is 6.07. The maximum absolute atomic E-state index is 6.10. The van der Waals surface area contributed by atoms with Crippen LogP contribution in [-0.2, 0) is 14.2 Å². The summed E-state index contributed by atoms with van der Waals surface area (Å²) in [6.45, 7) is 2.33. The summed E-state index contributed by atoms with van der Waals surface area (Å²) in [6.07, 6.45) is 9.62. The van der Waals surface area contributed by atoms with Crippen LogP contribution in [0.4, 0.5) is 0 Å². The molecule has 2 rings (SSSR count). The lowest BCUT2D eigenvalue weighted by molar-refractivity contribution is -0.113. The molecule has 3 heteroatoms. The molecule has 2 fully saturated rings.